The minimum Gasteiger partial charge on any atom is -0.371 e. The molecule has 0 aliphatic heterocycles. The van der Waals surface area contributed by atoms with Gasteiger partial charge in [0, 0.05) is 10.2 Å². The number of nitrogens with two attached hydrogens (primary N) is 1. The van der Waals surface area contributed by atoms with Gasteiger partial charge in [0.2, 0.25) is 5.91 Å². The number of benzene rings is 1. The second-order valence-corrected chi connectivity index (χ2v) is 6.33. The van der Waals surface area contributed by atoms with E-state index in [1.165, 1.54) is 0 Å². The van der Waals surface area contributed by atoms with E-state index in [9.17, 15) is 18.0 Å². The van der Waals surface area contributed by atoms with Crippen molar-refractivity contribution in [1.82, 2.24) is 0 Å². The number of rotatable bonds is 3. The maximum Gasteiger partial charge on any atom is 0.391 e. The van der Waals surface area contributed by atoms with Crippen molar-refractivity contribution in [1.29, 1.82) is 0 Å². The van der Waals surface area contributed by atoms with Crippen LogP contribution in [0.2, 0.25) is 0 Å². The zero-order chi connectivity index (χ0) is 15.7. The van der Waals surface area contributed by atoms with Gasteiger partial charge in [-0.15, -0.1) is 0 Å². The molecule has 2 atom stereocenters. The number of nitrogens with one attached hydrogen (secondary N) is 1. The van der Waals surface area contributed by atoms with Crippen LogP contribution in [0.5, 0.6) is 0 Å². The summed E-state index contributed by atoms with van der Waals surface area (Å²) in [5.74, 6) is -2.24. The molecule has 2 rings (SSSR count). The monoisotopic (exact) mass is 364 g/mol. The standard InChI is InChI=1S/C14H16BrF3N2O/c15-10-4-1-5-11(7-10)20-13(12(19)21)6-2-3-9(8-13)14(16,17)18/h1,4-5,7,9,20H,2-3,6,8H2,(H2,19,21). The Hall–Kier alpha value is -1.24. The van der Waals surface area contributed by atoms with E-state index in [1.807, 2.05) is 0 Å². The predicted octanol–water partition coefficient (Wildman–Crippen LogP) is 3.84. The third-order valence-electron chi connectivity index (χ3n) is 3.89. The summed E-state index contributed by atoms with van der Waals surface area (Å²) in [6.45, 7) is 0. The second-order valence-electron chi connectivity index (χ2n) is 5.42. The Bertz CT molecular complexity index is 535. The largest absolute Gasteiger partial charge is 0.391 e. The number of hydrogen-bond acceptors (Lipinski definition) is 2. The van der Waals surface area contributed by atoms with Gasteiger partial charge < -0.3 is 11.1 Å². The molecule has 2 unspecified atom stereocenters. The van der Waals surface area contributed by atoms with Crippen LogP contribution in [-0.2, 0) is 4.79 Å². The Balaban J connectivity index is 2.26. The van der Waals surface area contributed by atoms with Gasteiger partial charge >= 0.3 is 6.18 Å². The molecule has 1 aromatic carbocycles. The maximum absolute atomic E-state index is 13.0. The molecule has 1 aromatic rings. The van der Waals surface area contributed by atoms with Crippen LogP contribution in [0.25, 0.3) is 0 Å². The van der Waals surface area contributed by atoms with Crippen molar-refractivity contribution >= 4 is 27.5 Å². The van der Waals surface area contributed by atoms with Crippen LogP contribution in [0, 0.1) is 5.92 Å². The first kappa shape index (κ1) is 16.1. The van der Waals surface area contributed by atoms with E-state index < -0.39 is 23.5 Å². The highest BCUT2D eigenvalue weighted by molar-refractivity contribution is 9.10. The number of amides is 1. The molecule has 1 aliphatic rings. The summed E-state index contributed by atoms with van der Waals surface area (Å²) in [4.78, 5) is 11.8. The molecule has 3 N–H and O–H groups in total. The van der Waals surface area contributed by atoms with Gasteiger partial charge in [-0.1, -0.05) is 22.0 Å². The quantitative estimate of drug-likeness (QED) is 0.855. The summed E-state index contributed by atoms with van der Waals surface area (Å²) >= 11 is 3.29. The first-order valence-corrected chi connectivity index (χ1v) is 7.43. The molecule has 0 spiro atoms. The minimum absolute atomic E-state index is 0.0404. The molecule has 1 amide bonds. The second kappa shape index (κ2) is 5.87. The third-order valence-corrected chi connectivity index (χ3v) is 4.39. The SMILES string of the molecule is NC(=O)C1(Nc2cccc(Br)c2)CCCC(C(F)(F)F)C1. The van der Waals surface area contributed by atoms with Gasteiger partial charge in [0.05, 0.1) is 5.92 Å². The Morgan fingerprint density at radius 3 is 2.71 bits per heavy atom. The molecule has 1 saturated carbocycles. The van der Waals surface area contributed by atoms with E-state index in [0.717, 1.165) is 4.47 Å². The van der Waals surface area contributed by atoms with Crippen molar-refractivity contribution in [2.24, 2.45) is 11.7 Å². The molecule has 21 heavy (non-hydrogen) atoms. The Morgan fingerprint density at radius 1 is 1.43 bits per heavy atom. The van der Waals surface area contributed by atoms with Crippen molar-refractivity contribution in [3.05, 3.63) is 28.7 Å². The molecule has 116 valence electrons. The van der Waals surface area contributed by atoms with E-state index >= 15 is 0 Å². The first-order chi connectivity index (χ1) is 9.73. The van der Waals surface area contributed by atoms with Gasteiger partial charge in [0.15, 0.2) is 0 Å². The lowest BCUT2D eigenvalue weighted by molar-refractivity contribution is -0.186. The van der Waals surface area contributed by atoms with E-state index in [4.69, 9.17) is 5.73 Å². The number of carbonyl (C=O) groups is 1. The Morgan fingerprint density at radius 2 is 2.14 bits per heavy atom. The molecule has 0 saturated heterocycles. The molecule has 7 heteroatoms. The topological polar surface area (TPSA) is 55.1 Å². The van der Waals surface area contributed by atoms with Crippen molar-refractivity contribution in [3.8, 4) is 0 Å². The summed E-state index contributed by atoms with van der Waals surface area (Å²) < 4.78 is 39.7. The van der Waals surface area contributed by atoms with Crippen LogP contribution in [0.1, 0.15) is 25.7 Å². The highest BCUT2D eigenvalue weighted by Crippen LogP contribution is 2.43. The predicted molar refractivity (Wildman–Crippen MR) is 77.7 cm³/mol. The van der Waals surface area contributed by atoms with Gasteiger partial charge in [0.1, 0.15) is 5.54 Å². The van der Waals surface area contributed by atoms with Crippen LogP contribution in [-0.4, -0.2) is 17.6 Å². The Kier molecular flexibility index (Phi) is 4.51. The lowest BCUT2D eigenvalue weighted by Gasteiger charge is -2.40. The van der Waals surface area contributed by atoms with E-state index in [-0.39, 0.29) is 12.8 Å². The zero-order valence-corrected chi connectivity index (χ0v) is 12.8. The summed E-state index contributed by atoms with van der Waals surface area (Å²) in [7, 11) is 0. The zero-order valence-electron chi connectivity index (χ0n) is 11.2. The van der Waals surface area contributed by atoms with E-state index in [2.05, 4.69) is 21.2 Å². The highest BCUT2D eigenvalue weighted by Gasteiger charge is 2.50. The molecule has 3 nitrogen and oxygen atoms in total. The van der Waals surface area contributed by atoms with Crippen LogP contribution in [0.3, 0.4) is 0 Å². The van der Waals surface area contributed by atoms with Crippen molar-refractivity contribution in [2.45, 2.75) is 37.4 Å². The average molecular weight is 365 g/mol. The van der Waals surface area contributed by atoms with Crippen LogP contribution < -0.4 is 11.1 Å². The lowest BCUT2D eigenvalue weighted by Crippen LogP contribution is -2.55. The van der Waals surface area contributed by atoms with Crippen molar-refractivity contribution in [2.75, 3.05) is 5.32 Å². The molecule has 1 aliphatic carbocycles. The smallest absolute Gasteiger partial charge is 0.371 e. The number of carbonyl (C=O) groups excluding carboxylic acids is 1. The molecule has 0 radical (unpaired) electrons. The fourth-order valence-electron chi connectivity index (χ4n) is 2.80. The van der Waals surface area contributed by atoms with Crippen LogP contribution >= 0.6 is 15.9 Å². The van der Waals surface area contributed by atoms with Crippen LogP contribution in [0.4, 0.5) is 18.9 Å². The lowest BCUT2D eigenvalue weighted by atomic mass is 9.74. The molecule has 0 heterocycles. The van der Waals surface area contributed by atoms with Gasteiger partial charge in [-0.25, -0.2) is 0 Å². The number of primary amides is 1. The molecular formula is C14H16BrF3N2O. The molecule has 1 fully saturated rings. The van der Waals surface area contributed by atoms with Crippen molar-refractivity contribution < 1.29 is 18.0 Å². The normalized spacial score (nSPS) is 26.4. The summed E-state index contributed by atoms with van der Waals surface area (Å²) in [6.07, 6.45) is -3.97. The Labute approximate surface area is 129 Å². The molecule has 0 aromatic heterocycles. The van der Waals surface area contributed by atoms with E-state index in [0.29, 0.717) is 18.5 Å². The number of alkyl halides is 3. The first-order valence-electron chi connectivity index (χ1n) is 6.63. The van der Waals surface area contributed by atoms with E-state index in [1.54, 1.807) is 24.3 Å². The maximum atomic E-state index is 13.0. The fourth-order valence-corrected chi connectivity index (χ4v) is 3.20. The summed E-state index contributed by atoms with van der Waals surface area (Å²) in [6, 6.07) is 6.95. The number of halogens is 4. The van der Waals surface area contributed by atoms with Gasteiger partial charge in [-0.2, -0.15) is 13.2 Å². The fraction of sp³-hybridized carbons (Fsp3) is 0.500. The number of anilines is 1. The van der Waals surface area contributed by atoms with Gasteiger partial charge in [-0.3, -0.25) is 4.79 Å². The summed E-state index contributed by atoms with van der Waals surface area (Å²) in [5.41, 5.74) is 4.64. The average Bonchev–Trinajstić information content (AvgIpc) is 2.37. The molecule has 0 bridgehead atoms. The minimum atomic E-state index is -4.31. The van der Waals surface area contributed by atoms with Gasteiger partial charge in [-0.05, 0) is 43.9 Å². The highest BCUT2D eigenvalue weighted by atomic mass is 79.9. The van der Waals surface area contributed by atoms with Crippen LogP contribution in [0.15, 0.2) is 28.7 Å². The van der Waals surface area contributed by atoms with Gasteiger partial charge in [0.25, 0.3) is 0 Å². The van der Waals surface area contributed by atoms with Crippen molar-refractivity contribution in [3.63, 3.8) is 0 Å². The number of hydrogen-bond donors (Lipinski definition) is 2. The third kappa shape index (κ3) is 3.70. The molecular weight excluding hydrogens is 349 g/mol. The summed E-state index contributed by atoms with van der Waals surface area (Å²) in [5, 5.41) is 2.93.